The third-order valence-electron chi connectivity index (χ3n) is 5.88. The number of amides is 2. The van der Waals surface area contributed by atoms with Crippen molar-refractivity contribution in [2.24, 2.45) is 11.8 Å². The van der Waals surface area contributed by atoms with E-state index in [1.165, 1.54) is 11.1 Å². The summed E-state index contributed by atoms with van der Waals surface area (Å²) in [5, 5.41) is 7.10. The Bertz CT molecular complexity index is 993. The van der Waals surface area contributed by atoms with Gasteiger partial charge in [0, 0.05) is 31.8 Å². The Balaban J connectivity index is 1.23. The zero-order valence-electron chi connectivity index (χ0n) is 15.4. The molecule has 0 bridgehead atoms. The van der Waals surface area contributed by atoms with Crippen molar-refractivity contribution >= 4 is 40.6 Å². The van der Waals surface area contributed by atoms with Crippen LogP contribution in [-0.4, -0.2) is 34.8 Å². The number of thiophene rings is 1. The molecule has 5 nitrogen and oxygen atoms in total. The lowest BCUT2D eigenvalue weighted by Gasteiger charge is -2.16. The molecule has 142 valence electrons. The molecule has 1 fully saturated rings. The summed E-state index contributed by atoms with van der Waals surface area (Å²) in [6.45, 7) is 1.63. The maximum atomic E-state index is 12.6. The lowest BCUT2D eigenvalue weighted by molar-refractivity contribution is -0.125. The first-order chi connectivity index (χ1) is 13.7. The van der Waals surface area contributed by atoms with Gasteiger partial charge in [0.25, 0.3) is 0 Å². The molecule has 3 aliphatic rings. The Morgan fingerprint density at radius 1 is 1.32 bits per heavy atom. The molecule has 2 amide bonds. The van der Waals surface area contributed by atoms with Gasteiger partial charge in [-0.25, -0.2) is 4.98 Å². The molecule has 2 unspecified atom stereocenters. The summed E-state index contributed by atoms with van der Waals surface area (Å²) >= 11 is 1.73. The fourth-order valence-electron chi connectivity index (χ4n) is 4.39. The first kappa shape index (κ1) is 17.4. The van der Waals surface area contributed by atoms with Gasteiger partial charge in [-0.2, -0.15) is 11.3 Å². The number of carbonyl (C=O) groups excluding carboxylic acids is 2. The highest BCUT2D eigenvalue weighted by Crippen LogP contribution is 2.41. The van der Waals surface area contributed by atoms with Gasteiger partial charge < -0.3 is 10.2 Å². The number of nitrogens with one attached hydrogen (secondary N) is 1. The topological polar surface area (TPSA) is 62.3 Å². The standard InChI is InChI=1S/C22H21N3O2S/c26-20-3-2-15-7-14(10-23-22(15)24-20)1-4-21(27)25-11-18-8-17(9-19(18)12-25)16-5-6-28-13-16/h1,4-8,10,13,18-19H,2-3,9,11-12H2,(H,23,24,26)/b4-1+. The van der Waals surface area contributed by atoms with E-state index in [2.05, 4.69) is 33.2 Å². The van der Waals surface area contributed by atoms with Crippen LogP contribution in [0.25, 0.3) is 11.6 Å². The van der Waals surface area contributed by atoms with E-state index in [9.17, 15) is 9.59 Å². The molecule has 0 radical (unpaired) electrons. The van der Waals surface area contributed by atoms with Crippen LogP contribution in [0.5, 0.6) is 0 Å². The zero-order chi connectivity index (χ0) is 19.1. The van der Waals surface area contributed by atoms with E-state index in [0.29, 0.717) is 30.5 Å². The average molecular weight is 391 g/mol. The van der Waals surface area contributed by atoms with Crippen LogP contribution < -0.4 is 5.32 Å². The summed E-state index contributed by atoms with van der Waals surface area (Å²) in [6, 6.07) is 4.18. The maximum Gasteiger partial charge on any atom is 0.246 e. The maximum absolute atomic E-state index is 12.6. The first-order valence-electron chi connectivity index (χ1n) is 9.65. The molecule has 0 aromatic carbocycles. The number of anilines is 1. The van der Waals surface area contributed by atoms with Crippen molar-refractivity contribution in [1.29, 1.82) is 0 Å². The minimum atomic E-state index is 0.00857. The molecule has 2 aromatic rings. The van der Waals surface area contributed by atoms with Crippen molar-refractivity contribution in [2.45, 2.75) is 19.3 Å². The largest absolute Gasteiger partial charge is 0.338 e. The molecule has 2 atom stereocenters. The SMILES string of the molecule is O=C1CCc2cc(/C=C/C(=O)N3CC4C=C(c5ccsc5)CC4C3)cnc2N1. The number of nitrogens with zero attached hydrogens (tertiary/aromatic N) is 2. The minimum Gasteiger partial charge on any atom is -0.338 e. The smallest absolute Gasteiger partial charge is 0.246 e. The summed E-state index contributed by atoms with van der Waals surface area (Å²) < 4.78 is 0. The normalized spacial score (nSPS) is 23.5. The van der Waals surface area contributed by atoms with Crippen LogP contribution in [-0.2, 0) is 16.0 Å². The van der Waals surface area contributed by atoms with Gasteiger partial charge >= 0.3 is 0 Å². The predicted octanol–water partition coefficient (Wildman–Crippen LogP) is 3.60. The molecule has 4 heterocycles. The number of pyridine rings is 1. The highest BCUT2D eigenvalue weighted by molar-refractivity contribution is 7.08. The van der Waals surface area contributed by atoms with Crippen LogP contribution in [0.3, 0.4) is 0 Å². The molecule has 5 rings (SSSR count). The summed E-state index contributed by atoms with van der Waals surface area (Å²) in [5.74, 6) is 1.73. The molecule has 6 heteroatoms. The number of likely N-dealkylation sites (tertiary alicyclic amines) is 1. The van der Waals surface area contributed by atoms with Gasteiger partial charge in [-0.3, -0.25) is 9.59 Å². The number of hydrogen-bond donors (Lipinski definition) is 1. The van der Waals surface area contributed by atoms with E-state index in [1.807, 2.05) is 17.0 Å². The highest BCUT2D eigenvalue weighted by atomic mass is 32.1. The van der Waals surface area contributed by atoms with Gasteiger partial charge in [-0.15, -0.1) is 0 Å². The quantitative estimate of drug-likeness (QED) is 0.813. The van der Waals surface area contributed by atoms with Crippen molar-refractivity contribution in [1.82, 2.24) is 9.88 Å². The molecule has 2 aromatic heterocycles. The number of rotatable bonds is 3. The molecule has 0 saturated carbocycles. The van der Waals surface area contributed by atoms with Crippen LogP contribution in [0, 0.1) is 11.8 Å². The summed E-state index contributed by atoms with van der Waals surface area (Å²) in [4.78, 5) is 30.3. The van der Waals surface area contributed by atoms with Gasteiger partial charge in [0.2, 0.25) is 11.8 Å². The monoisotopic (exact) mass is 391 g/mol. The third-order valence-corrected chi connectivity index (χ3v) is 6.56. The lowest BCUT2D eigenvalue weighted by Crippen LogP contribution is -2.27. The number of carbonyl (C=O) groups is 2. The van der Waals surface area contributed by atoms with Crippen molar-refractivity contribution in [3.63, 3.8) is 0 Å². The fraction of sp³-hybridized carbons (Fsp3) is 0.318. The number of fused-ring (bicyclic) bond motifs is 2. The molecular weight excluding hydrogens is 370 g/mol. The minimum absolute atomic E-state index is 0.00857. The Hall–Kier alpha value is -2.73. The van der Waals surface area contributed by atoms with Crippen molar-refractivity contribution in [3.8, 4) is 0 Å². The van der Waals surface area contributed by atoms with Gasteiger partial charge in [0.1, 0.15) is 5.82 Å². The summed E-state index contributed by atoms with van der Waals surface area (Å²) in [5.41, 5.74) is 4.69. The third kappa shape index (κ3) is 3.29. The number of hydrogen-bond acceptors (Lipinski definition) is 4. The van der Waals surface area contributed by atoms with E-state index in [-0.39, 0.29) is 11.8 Å². The molecule has 28 heavy (non-hydrogen) atoms. The molecule has 1 N–H and O–H groups in total. The van der Waals surface area contributed by atoms with Gasteiger partial charge in [-0.1, -0.05) is 6.08 Å². The lowest BCUT2D eigenvalue weighted by atomic mass is 9.99. The van der Waals surface area contributed by atoms with E-state index in [0.717, 1.165) is 30.6 Å². The Kier molecular flexibility index (Phi) is 4.36. The zero-order valence-corrected chi connectivity index (χ0v) is 16.2. The molecule has 0 spiro atoms. The second-order valence-corrected chi connectivity index (χ2v) is 8.51. The van der Waals surface area contributed by atoms with E-state index in [4.69, 9.17) is 0 Å². The van der Waals surface area contributed by atoms with E-state index in [1.54, 1.807) is 23.6 Å². The number of aromatic nitrogens is 1. The van der Waals surface area contributed by atoms with Gasteiger partial charge in [0.05, 0.1) is 0 Å². The molecular formula is C22H21N3O2S. The molecule has 1 saturated heterocycles. The Morgan fingerprint density at radius 2 is 2.25 bits per heavy atom. The van der Waals surface area contributed by atoms with Crippen LogP contribution in [0.2, 0.25) is 0 Å². The predicted molar refractivity (Wildman–Crippen MR) is 111 cm³/mol. The van der Waals surface area contributed by atoms with E-state index < -0.39 is 0 Å². The second kappa shape index (κ2) is 7.02. The Morgan fingerprint density at radius 3 is 3.07 bits per heavy atom. The van der Waals surface area contributed by atoms with Crippen LogP contribution >= 0.6 is 11.3 Å². The van der Waals surface area contributed by atoms with Crippen LogP contribution in [0.15, 0.2) is 41.2 Å². The van der Waals surface area contributed by atoms with Gasteiger partial charge in [0.15, 0.2) is 0 Å². The average Bonchev–Trinajstić information content (AvgIpc) is 3.41. The summed E-state index contributed by atoms with van der Waals surface area (Å²) in [7, 11) is 0. The molecule has 2 aliphatic heterocycles. The first-order valence-corrected chi connectivity index (χ1v) is 10.6. The summed E-state index contributed by atoms with van der Waals surface area (Å²) in [6.07, 6.45) is 9.78. The fourth-order valence-corrected chi connectivity index (χ4v) is 5.07. The second-order valence-electron chi connectivity index (χ2n) is 7.73. The number of allylic oxidation sites excluding steroid dienone is 1. The molecule has 1 aliphatic carbocycles. The van der Waals surface area contributed by atoms with Crippen molar-refractivity contribution in [2.75, 3.05) is 18.4 Å². The van der Waals surface area contributed by atoms with Crippen molar-refractivity contribution < 1.29 is 9.59 Å². The van der Waals surface area contributed by atoms with Gasteiger partial charge in [-0.05, 0) is 75.9 Å². The van der Waals surface area contributed by atoms with E-state index >= 15 is 0 Å². The van der Waals surface area contributed by atoms with Crippen LogP contribution in [0.1, 0.15) is 29.5 Å². The number of aryl methyl sites for hydroxylation is 1. The van der Waals surface area contributed by atoms with Crippen molar-refractivity contribution in [3.05, 3.63) is 57.9 Å². The van der Waals surface area contributed by atoms with Crippen LogP contribution in [0.4, 0.5) is 5.82 Å². The Labute approximate surface area is 167 Å². The highest BCUT2D eigenvalue weighted by Gasteiger charge is 2.37.